The van der Waals surface area contributed by atoms with Crippen LogP contribution in [0.5, 0.6) is 5.75 Å². The number of ether oxygens (including phenoxy) is 1. The highest BCUT2D eigenvalue weighted by Crippen LogP contribution is 2.15. The van der Waals surface area contributed by atoms with Gasteiger partial charge in [-0.25, -0.2) is 4.98 Å². The molecule has 124 valence electrons. The number of piperidine rings is 1. The van der Waals surface area contributed by atoms with Crippen LogP contribution in [0.1, 0.15) is 30.0 Å². The summed E-state index contributed by atoms with van der Waals surface area (Å²) in [7, 11) is 0. The van der Waals surface area contributed by atoms with E-state index in [2.05, 4.69) is 20.6 Å². The quantitative estimate of drug-likeness (QED) is 0.753. The molecule has 0 saturated carbocycles. The number of hydrogen-bond acceptors (Lipinski definition) is 5. The zero-order chi connectivity index (χ0) is 15.7. The van der Waals surface area contributed by atoms with E-state index in [1.54, 1.807) is 11.3 Å². The second-order valence-electron chi connectivity index (χ2n) is 5.91. The number of hydrogen-bond donors (Lipinski definition) is 1. The van der Waals surface area contributed by atoms with Gasteiger partial charge in [0, 0.05) is 25.0 Å². The highest BCUT2D eigenvalue weighted by atomic mass is 32.1. The molecule has 0 radical (unpaired) electrons. The number of rotatable bonds is 8. The zero-order valence-electron chi connectivity index (χ0n) is 13.5. The fraction of sp³-hybridized carbons (Fsp3) is 0.500. The zero-order valence-corrected chi connectivity index (χ0v) is 14.4. The summed E-state index contributed by atoms with van der Waals surface area (Å²) in [4.78, 5) is 7.18. The van der Waals surface area contributed by atoms with E-state index in [4.69, 9.17) is 4.74 Å². The molecule has 1 fully saturated rings. The molecule has 1 aromatic heterocycles. The molecule has 5 heteroatoms. The van der Waals surface area contributed by atoms with E-state index < -0.39 is 0 Å². The summed E-state index contributed by atoms with van der Waals surface area (Å²) in [6.45, 7) is 6.10. The molecule has 2 aromatic rings. The summed E-state index contributed by atoms with van der Waals surface area (Å²) >= 11 is 1.67. The first-order valence-electron chi connectivity index (χ1n) is 8.44. The van der Waals surface area contributed by atoms with Crippen LogP contribution < -0.4 is 10.1 Å². The van der Waals surface area contributed by atoms with Crippen LogP contribution >= 0.6 is 11.3 Å². The molecule has 0 aliphatic carbocycles. The molecule has 4 nitrogen and oxygen atoms in total. The third-order valence-electron chi connectivity index (χ3n) is 4.06. The predicted octanol–water partition coefficient (Wildman–Crippen LogP) is 3.30. The molecular formula is C18H25N3OS. The third-order valence-corrected chi connectivity index (χ3v) is 4.94. The Morgan fingerprint density at radius 2 is 1.96 bits per heavy atom. The number of benzene rings is 1. The molecule has 0 bridgehead atoms. The third kappa shape index (κ3) is 5.61. The van der Waals surface area contributed by atoms with Gasteiger partial charge in [0.05, 0.1) is 5.69 Å². The monoisotopic (exact) mass is 331 g/mol. The average Bonchev–Trinajstić information content (AvgIpc) is 3.07. The van der Waals surface area contributed by atoms with Crippen LogP contribution in [0, 0.1) is 0 Å². The Morgan fingerprint density at radius 1 is 1.13 bits per heavy atom. The molecule has 2 heterocycles. The molecular weight excluding hydrogens is 306 g/mol. The van der Waals surface area contributed by atoms with E-state index in [9.17, 15) is 0 Å². The lowest BCUT2D eigenvalue weighted by Gasteiger charge is -2.26. The maximum atomic E-state index is 5.73. The summed E-state index contributed by atoms with van der Waals surface area (Å²) in [6.07, 6.45) is 4.12. The maximum Gasteiger partial charge on any atom is 0.140 e. The van der Waals surface area contributed by atoms with E-state index in [0.717, 1.165) is 36.1 Å². The molecule has 1 aliphatic heterocycles. The number of likely N-dealkylation sites (tertiary alicyclic amines) is 1. The van der Waals surface area contributed by atoms with Crippen molar-refractivity contribution in [2.45, 2.75) is 32.4 Å². The van der Waals surface area contributed by atoms with Crippen molar-refractivity contribution in [3.63, 3.8) is 0 Å². The molecule has 1 aliphatic rings. The highest BCUT2D eigenvalue weighted by molar-refractivity contribution is 7.09. The molecule has 0 unspecified atom stereocenters. The first kappa shape index (κ1) is 16.4. The SMILES string of the molecule is c1ccc(OCc2nc(CNCCN3CCCCC3)cs2)cc1. The Morgan fingerprint density at radius 3 is 2.78 bits per heavy atom. The van der Waals surface area contributed by atoms with Gasteiger partial charge in [-0.15, -0.1) is 11.3 Å². The van der Waals surface area contributed by atoms with E-state index in [-0.39, 0.29) is 0 Å². The Balaban J connectivity index is 1.34. The van der Waals surface area contributed by atoms with Gasteiger partial charge in [-0.1, -0.05) is 24.6 Å². The lowest BCUT2D eigenvalue weighted by molar-refractivity contribution is 0.229. The van der Waals surface area contributed by atoms with Gasteiger partial charge in [-0.2, -0.15) is 0 Å². The van der Waals surface area contributed by atoms with Crippen LogP contribution in [-0.4, -0.2) is 36.1 Å². The Hall–Kier alpha value is -1.43. The predicted molar refractivity (Wildman–Crippen MR) is 94.9 cm³/mol. The minimum absolute atomic E-state index is 0.544. The van der Waals surface area contributed by atoms with Crippen molar-refractivity contribution in [1.82, 2.24) is 15.2 Å². The minimum atomic E-state index is 0.544. The molecule has 1 saturated heterocycles. The van der Waals surface area contributed by atoms with Gasteiger partial charge in [0.2, 0.25) is 0 Å². The van der Waals surface area contributed by atoms with Crippen molar-refractivity contribution in [2.75, 3.05) is 26.2 Å². The number of aromatic nitrogens is 1. The Bertz CT molecular complexity index is 567. The van der Waals surface area contributed by atoms with Crippen LogP contribution in [0.3, 0.4) is 0 Å². The largest absolute Gasteiger partial charge is 0.486 e. The van der Waals surface area contributed by atoms with Crippen molar-refractivity contribution in [3.8, 4) is 5.75 Å². The first-order chi connectivity index (χ1) is 11.4. The number of nitrogens with zero attached hydrogens (tertiary/aromatic N) is 2. The van der Waals surface area contributed by atoms with Crippen molar-refractivity contribution in [3.05, 3.63) is 46.4 Å². The molecule has 3 rings (SSSR count). The van der Waals surface area contributed by atoms with Crippen LogP contribution in [0.2, 0.25) is 0 Å². The Kier molecular flexibility index (Phi) is 6.44. The van der Waals surface area contributed by atoms with Gasteiger partial charge in [0.1, 0.15) is 17.4 Å². The normalized spacial score (nSPS) is 15.7. The summed E-state index contributed by atoms with van der Waals surface area (Å²) in [5, 5.41) is 6.65. The summed E-state index contributed by atoms with van der Waals surface area (Å²) in [5.41, 5.74) is 1.11. The van der Waals surface area contributed by atoms with Crippen molar-refractivity contribution < 1.29 is 4.74 Å². The van der Waals surface area contributed by atoms with E-state index in [1.807, 2.05) is 30.3 Å². The summed E-state index contributed by atoms with van der Waals surface area (Å²) < 4.78 is 5.73. The summed E-state index contributed by atoms with van der Waals surface area (Å²) in [5.74, 6) is 0.893. The van der Waals surface area contributed by atoms with Gasteiger partial charge in [0.15, 0.2) is 0 Å². The maximum absolute atomic E-state index is 5.73. The van der Waals surface area contributed by atoms with Gasteiger partial charge < -0.3 is 15.0 Å². The van der Waals surface area contributed by atoms with Crippen molar-refractivity contribution >= 4 is 11.3 Å². The average molecular weight is 331 g/mol. The highest BCUT2D eigenvalue weighted by Gasteiger charge is 2.09. The standard InChI is InChI=1S/C18H25N3OS/c1-3-7-17(8-4-1)22-14-18-20-16(15-23-18)13-19-9-12-21-10-5-2-6-11-21/h1,3-4,7-8,15,19H,2,5-6,9-14H2. The molecule has 0 spiro atoms. The second-order valence-corrected chi connectivity index (χ2v) is 6.86. The number of para-hydroxylation sites is 1. The molecule has 0 amide bonds. The topological polar surface area (TPSA) is 37.4 Å². The summed E-state index contributed by atoms with van der Waals surface area (Å²) in [6, 6.07) is 9.89. The van der Waals surface area contributed by atoms with Gasteiger partial charge in [0.25, 0.3) is 0 Å². The molecule has 1 N–H and O–H groups in total. The van der Waals surface area contributed by atoms with Crippen LogP contribution in [0.25, 0.3) is 0 Å². The van der Waals surface area contributed by atoms with Gasteiger partial charge in [-0.3, -0.25) is 0 Å². The second kappa shape index (κ2) is 9.01. The number of nitrogens with one attached hydrogen (secondary N) is 1. The van der Waals surface area contributed by atoms with Crippen LogP contribution in [0.15, 0.2) is 35.7 Å². The lowest BCUT2D eigenvalue weighted by Crippen LogP contribution is -2.35. The minimum Gasteiger partial charge on any atom is -0.486 e. The van der Waals surface area contributed by atoms with Crippen LogP contribution in [0.4, 0.5) is 0 Å². The van der Waals surface area contributed by atoms with Gasteiger partial charge in [-0.05, 0) is 38.1 Å². The fourth-order valence-corrected chi connectivity index (χ4v) is 3.50. The van der Waals surface area contributed by atoms with E-state index in [0.29, 0.717) is 6.61 Å². The molecule has 0 atom stereocenters. The smallest absolute Gasteiger partial charge is 0.140 e. The molecule has 1 aromatic carbocycles. The number of thiazole rings is 1. The first-order valence-corrected chi connectivity index (χ1v) is 9.32. The van der Waals surface area contributed by atoms with E-state index in [1.165, 1.54) is 32.4 Å². The van der Waals surface area contributed by atoms with E-state index >= 15 is 0 Å². The van der Waals surface area contributed by atoms with Crippen molar-refractivity contribution in [1.29, 1.82) is 0 Å². The molecule has 23 heavy (non-hydrogen) atoms. The van der Waals surface area contributed by atoms with Crippen LogP contribution in [-0.2, 0) is 13.2 Å². The lowest BCUT2D eigenvalue weighted by atomic mass is 10.1. The fourth-order valence-electron chi connectivity index (χ4n) is 2.79. The van der Waals surface area contributed by atoms with Crippen molar-refractivity contribution in [2.24, 2.45) is 0 Å². The van der Waals surface area contributed by atoms with Gasteiger partial charge >= 0.3 is 0 Å². The Labute approximate surface area is 142 Å².